The molecule has 0 spiro atoms. The van der Waals surface area contributed by atoms with Crippen LogP contribution in [0.2, 0.25) is 0 Å². The lowest BCUT2D eigenvalue weighted by Gasteiger charge is -2.19. The topological polar surface area (TPSA) is 23.6 Å². The lowest BCUT2D eigenvalue weighted by Crippen LogP contribution is -2.31. The number of nitrogens with zero attached hydrogens (tertiary/aromatic N) is 2. The maximum Gasteiger partial charge on any atom is 0.329 e. The number of hydrogen-bond acceptors (Lipinski definition) is 1. The molecule has 1 saturated heterocycles. The Balaban J connectivity index is 1.83. The highest BCUT2D eigenvalue weighted by Gasteiger charge is 2.30. The van der Waals surface area contributed by atoms with Gasteiger partial charge in [0.25, 0.3) is 0 Å². The molecule has 3 nitrogen and oxygen atoms in total. The fourth-order valence-electron chi connectivity index (χ4n) is 2.47. The maximum atomic E-state index is 12.5. The number of benzene rings is 2. The van der Waals surface area contributed by atoms with Crippen molar-refractivity contribution in [2.75, 3.05) is 22.9 Å². The Hall–Kier alpha value is -2.29. The van der Waals surface area contributed by atoms with Crippen LogP contribution < -0.4 is 9.80 Å². The molecule has 1 aliphatic heterocycles. The van der Waals surface area contributed by atoms with E-state index in [9.17, 15) is 4.79 Å². The molecule has 3 heteroatoms. The molecule has 2 amide bonds. The summed E-state index contributed by atoms with van der Waals surface area (Å²) in [5.41, 5.74) is 4.34. The number of anilines is 2. The van der Waals surface area contributed by atoms with Gasteiger partial charge in [-0.1, -0.05) is 35.4 Å². The van der Waals surface area contributed by atoms with Gasteiger partial charge in [-0.05, 0) is 38.1 Å². The van der Waals surface area contributed by atoms with Crippen molar-refractivity contribution in [3.8, 4) is 0 Å². The third-order valence-electron chi connectivity index (χ3n) is 3.70. The van der Waals surface area contributed by atoms with Crippen molar-refractivity contribution in [2.45, 2.75) is 13.8 Å². The Morgan fingerprint density at radius 1 is 0.700 bits per heavy atom. The minimum absolute atomic E-state index is 0.0534. The van der Waals surface area contributed by atoms with E-state index in [0.717, 1.165) is 24.5 Å². The minimum atomic E-state index is 0.0534. The summed E-state index contributed by atoms with van der Waals surface area (Å²) in [6, 6.07) is 16.2. The van der Waals surface area contributed by atoms with Crippen molar-refractivity contribution >= 4 is 17.4 Å². The molecule has 102 valence electrons. The van der Waals surface area contributed by atoms with Gasteiger partial charge >= 0.3 is 6.03 Å². The second-order valence-electron chi connectivity index (χ2n) is 5.26. The van der Waals surface area contributed by atoms with E-state index in [1.165, 1.54) is 11.1 Å². The van der Waals surface area contributed by atoms with E-state index >= 15 is 0 Å². The zero-order valence-corrected chi connectivity index (χ0v) is 11.8. The number of hydrogen-bond donors (Lipinski definition) is 0. The highest BCUT2D eigenvalue weighted by atomic mass is 16.2. The van der Waals surface area contributed by atoms with Crippen molar-refractivity contribution in [3.05, 3.63) is 59.7 Å². The Morgan fingerprint density at radius 3 is 1.40 bits per heavy atom. The summed E-state index contributed by atoms with van der Waals surface area (Å²) in [4.78, 5) is 16.2. The SMILES string of the molecule is Cc1ccc(N2CCN(c3ccc(C)cc3)C2=O)cc1. The van der Waals surface area contributed by atoms with Crippen LogP contribution in [0.25, 0.3) is 0 Å². The van der Waals surface area contributed by atoms with E-state index in [1.807, 2.05) is 72.2 Å². The van der Waals surface area contributed by atoms with E-state index in [-0.39, 0.29) is 6.03 Å². The minimum Gasteiger partial charge on any atom is -0.292 e. The Labute approximate surface area is 119 Å². The number of urea groups is 1. The predicted octanol–water partition coefficient (Wildman–Crippen LogP) is 3.75. The molecule has 0 N–H and O–H groups in total. The molecule has 0 atom stereocenters. The van der Waals surface area contributed by atoms with Crippen LogP contribution in [-0.2, 0) is 0 Å². The van der Waals surface area contributed by atoms with E-state index in [4.69, 9.17) is 0 Å². The van der Waals surface area contributed by atoms with Gasteiger partial charge in [-0.2, -0.15) is 0 Å². The molecule has 2 aromatic rings. The maximum absolute atomic E-state index is 12.5. The van der Waals surface area contributed by atoms with Crippen molar-refractivity contribution < 1.29 is 4.79 Å². The molecule has 1 aliphatic rings. The normalized spacial score (nSPS) is 15.0. The molecule has 0 saturated carbocycles. The number of rotatable bonds is 2. The van der Waals surface area contributed by atoms with Crippen LogP contribution >= 0.6 is 0 Å². The predicted molar refractivity (Wildman–Crippen MR) is 82.4 cm³/mol. The van der Waals surface area contributed by atoms with E-state index in [1.54, 1.807) is 0 Å². The van der Waals surface area contributed by atoms with Crippen LogP contribution in [0.3, 0.4) is 0 Å². The first kappa shape index (κ1) is 12.7. The second kappa shape index (κ2) is 5.00. The highest BCUT2D eigenvalue weighted by Crippen LogP contribution is 2.25. The Bertz CT molecular complexity index is 561. The average molecular weight is 266 g/mol. The zero-order chi connectivity index (χ0) is 14.1. The monoisotopic (exact) mass is 266 g/mol. The summed E-state index contributed by atoms with van der Waals surface area (Å²) in [7, 11) is 0. The summed E-state index contributed by atoms with van der Waals surface area (Å²) < 4.78 is 0. The number of carbonyl (C=O) groups is 1. The molecule has 2 aromatic carbocycles. The van der Waals surface area contributed by atoms with E-state index < -0.39 is 0 Å². The summed E-state index contributed by atoms with van der Waals surface area (Å²) >= 11 is 0. The molecule has 20 heavy (non-hydrogen) atoms. The van der Waals surface area contributed by atoms with Gasteiger partial charge in [-0.3, -0.25) is 9.80 Å². The molecule has 1 heterocycles. The highest BCUT2D eigenvalue weighted by molar-refractivity contribution is 6.06. The van der Waals surface area contributed by atoms with Crippen molar-refractivity contribution in [1.82, 2.24) is 0 Å². The van der Waals surface area contributed by atoms with Crippen LogP contribution in [0.5, 0.6) is 0 Å². The summed E-state index contributed by atoms with van der Waals surface area (Å²) in [6.45, 7) is 5.56. The third kappa shape index (κ3) is 2.27. The molecule has 0 radical (unpaired) electrons. The van der Waals surface area contributed by atoms with Gasteiger partial charge in [0.1, 0.15) is 0 Å². The molecule has 0 aromatic heterocycles. The molecular weight excluding hydrogens is 248 g/mol. The van der Waals surface area contributed by atoms with Crippen molar-refractivity contribution in [2.24, 2.45) is 0 Å². The van der Waals surface area contributed by atoms with Gasteiger partial charge in [-0.15, -0.1) is 0 Å². The smallest absolute Gasteiger partial charge is 0.292 e. The van der Waals surface area contributed by atoms with Crippen LogP contribution in [0.1, 0.15) is 11.1 Å². The van der Waals surface area contributed by atoms with Gasteiger partial charge in [0.2, 0.25) is 0 Å². The molecule has 0 aliphatic carbocycles. The van der Waals surface area contributed by atoms with Crippen molar-refractivity contribution in [3.63, 3.8) is 0 Å². The summed E-state index contributed by atoms with van der Waals surface area (Å²) in [6.07, 6.45) is 0. The molecule has 0 bridgehead atoms. The van der Waals surface area contributed by atoms with Crippen LogP contribution in [0, 0.1) is 13.8 Å². The average Bonchev–Trinajstić information content (AvgIpc) is 2.83. The fraction of sp³-hybridized carbons (Fsp3) is 0.235. The van der Waals surface area contributed by atoms with E-state index in [2.05, 4.69) is 0 Å². The summed E-state index contributed by atoms with van der Waals surface area (Å²) in [5, 5.41) is 0. The van der Waals surface area contributed by atoms with Crippen LogP contribution in [-0.4, -0.2) is 19.1 Å². The first-order valence-electron chi connectivity index (χ1n) is 6.87. The van der Waals surface area contributed by atoms with Crippen LogP contribution in [0.4, 0.5) is 16.2 Å². The van der Waals surface area contributed by atoms with Gasteiger partial charge < -0.3 is 0 Å². The molecule has 3 rings (SSSR count). The van der Waals surface area contributed by atoms with E-state index in [0.29, 0.717) is 0 Å². The second-order valence-corrected chi connectivity index (χ2v) is 5.26. The molecule has 1 fully saturated rings. The first-order chi connectivity index (χ1) is 9.65. The van der Waals surface area contributed by atoms with Gasteiger partial charge in [0.15, 0.2) is 0 Å². The standard InChI is InChI=1S/C17H18N2O/c1-13-3-7-15(8-4-13)18-11-12-19(17(18)20)16-9-5-14(2)6-10-16/h3-10H,11-12H2,1-2H3. The quantitative estimate of drug-likeness (QED) is 0.812. The van der Waals surface area contributed by atoms with Gasteiger partial charge in [-0.25, -0.2) is 4.79 Å². The third-order valence-corrected chi connectivity index (χ3v) is 3.70. The number of aryl methyl sites for hydroxylation is 2. The number of carbonyl (C=O) groups excluding carboxylic acids is 1. The largest absolute Gasteiger partial charge is 0.329 e. The Morgan fingerprint density at radius 2 is 1.05 bits per heavy atom. The Kier molecular flexibility index (Phi) is 3.18. The first-order valence-corrected chi connectivity index (χ1v) is 6.87. The molecule has 0 unspecified atom stereocenters. The number of amides is 2. The van der Waals surface area contributed by atoms with Gasteiger partial charge in [0, 0.05) is 24.5 Å². The lowest BCUT2D eigenvalue weighted by atomic mass is 10.2. The molecular formula is C17H18N2O. The van der Waals surface area contributed by atoms with Crippen LogP contribution in [0.15, 0.2) is 48.5 Å². The summed E-state index contributed by atoms with van der Waals surface area (Å²) in [5.74, 6) is 0. The van der Waals surface area contributed by atoms with Crippen molar-refractivity contribution in [1.29, 1.82) is 0 Å². The zero-order valence-electron chi connectivity index (χ0n) is 11.8. The van der Waals surface area contributed by atoms with Gasteiger partial charge in [0.05, 0.1) is 0 Å². The fourth-order valence-corrected chi connectivity index (χ4v) is 2.47. The lowest BCUT2D eigenvalue weighted by molar-refractivity contribution is 0.256.